The van der Waals surface area contributed by atoms with Gasteiger partial charge < -0.3 is 0 Å². The molecule has 1 aromatic rings. The highest BCUT2D eigenvalue weighted by molar-refractivity contribution is 5.31. The van der Waals surface area contributed by atoms with Crippen molar-refractivity contribution in [1.29, 1.82) is 0 Å². The first-order valence-corrected chi connectivity index (χ1v) is 5.26. The molecule has 1 aromatic carbocycles. The van der Waals surface area contributed by atoms with Crippen molar-refractivity contribution in [2.45, 2.75) is 45.6 Å². The highest BCUT2D eigenvalue weighted by Crippen LogP contribution is 2.28. The van der Waals surface area contributed by atoms with Crippen LogP contribution in [0.15, 0.2) is 24.3 Å². The van der Waals surface area contributed by atoms with E-state index in [1.54, 1.807) is 0 Å². The Kier molecular flexibility index (Phi) is 3.22. The van der Waals surface area contributed by atoms with Gasteiger partial charge in [0.1, 0.15) is 5.60 Å². The molecule has 0 aromatic heterocycles. The SMILES string of the molecule is CC(C)(C)c1cccc(C(C)(C)ON)c1. The standard InChI is InChI=1S/C13H21NO/c1-12(2,3)10-7-6-8-11(9-10)13(4,5)15-14/h6-9H,14H2,1-5H3. The molecule has 2 nitrogen and oxygen atoms in total. The Balaban J connectivity index is 3.14. The van der Waals surface area contributed by atoms with E-state index in [4.69, 9.17) is 10.7 Å². The Labute approximate surface area is 92.4 Å². The smallest absolute Gasteiger partial charge is 0.109 e. The molecule has 84 valence electrons. The summed E-state index contributed by atoms with van der Waals surface area (Å²) in [7, 11) is 0. The van der Waals surface area contributed by atoms with E-state index in [0.717, 1.165) is 5.56 Å². The lowest BCUT2D eigenvalue weighted by molar-refractivity contribution is -0.0237. The van der Waals surface area contributed by atoms with Crippen molar-refractivity contribution >= 4 is 0 Å². The van der Waals surface area contributed by atoms with Crippen molar-refractivity contribution in [2.75, 3.05) is 0 Å². The van der Waals surface area contributed by atoms with Gasteiger partial charge in [-0.3, -0.25) is 4.84 Å². The van der Waals surface area contributed by atoms with E-state index in [1.807, 2.05) is 19.9 Å². The summed E-state index contributed by atoms with van der Waals surface area (Å²) in [5.41, 5.74) is 2.13. The van der Waals surface area contributed by atoms with Gasteiger partial charge in [0, 0.05) is 0 Å². The highest BCUT2D eigenvalue weighted by Gasteiger charge is 2.22. The van der Waals surface area contributed by atoms with Crippen LogP contribution >= 0.6 is 0 Å². The molecule has 0 aliphatic carbocycles. The van der Waals surface area contributed by atoms with Crippen molar-refractivity contribution in [2.24, 2.45) is 5.90 Å². The fourth-order valence-electron chi connectivity index (χ4n) is 1.43. The number of hydrogen-bond donors (Lipinski definition) is 1. The van der Waals surface area contributed by atoms with Gasteiger partial charge in [0.2, 0.25) is 0 Å². The number of rotatable bonds is 2. The topological polar surface area (TPSA) is 35.2 Å². The first kappa shape index (κ1) is 12.2. The van der Waals surface area contributed by atoms with Crippen LogP contribution in [0.5, 0.6) is 0 Å². The fourth-order valence-corrected chi connectivity index (χ4v) is 1.43. The zero-order valence-electron chi connectivity index (χ0n) is 10.3. The van der Waals surface area contributed by atoms with Gasteiger partial charge in [0.25, 0.3) is 0 Å². The van der Waals surface area contributed by atoms with E-state index in [0.29, 0.717) is 0 Å². The van der Waals surface area contributed by atoms with Crippen molar-refractivity contribution in [1.82, 2.24) is 0 Å². The summed E-state index contributed by atoms with van der Waals surface area (Å²) in [6.45, 7) is 10.5. The first-order chi connectivity index (χ1) is 6.77. The minimum absolute atomic E-state index is 0.153. The molecule has 0 radical (unpaired) electrons. The zero-order valence-corrected chi connectivity index (χ0v) is 10.3. The third-order valence-corrected chi connectivity index (χ3v) is 2.72. The highest BCUT2D eigenvalue weighted by atomic mass is 16.6. The number of benzene rings is 1. The molecule has 2 N–H and O–H groups in total. The van der Waals surface area contributed by atoms with Gasteiger partial charge >= 0.3 is 0 Å². The Bertz CT molecular complexity index is 337. The molecule has 0 fully saturated rings. The number of hydrogen-bond acceptors (Lipinski definition) is 2. The van der Waals surface area contributed by atoms with Gasteiger partial charge in [-0.25, -0.2) is 5.90 Å². The van der Waals surface area contributed by atoms with Crippen LogP contribution in [0.2, 0.25) is 0 Å². The Morgan fingerprint density at radius 2 is 1.53 bits per heavy atom. The van der Waals surface area contributed by atoms with Crippen LogP contribution < -0.4 is 5.90 Å². The van der Waals surface area contributed by atoms with Gasteiger partial charge in [-0.1, -0.05) is 45.0 Å². The molecule has 1 rings (SSSR count). The normalized spacial score (nSPS) is 12.9. The molecule has 0 saturated heterocycles. The van der Waals surface area contributed by atoms with Gasteiger partial charge in [0.05, 0.1) is 0 Å². The van der Waals surface area contributed by atoms with Crippen molar-refractivity contribution in [3.63, 3.8) is 0 Å². The van der Waals surface area contributed by atoms with Crippen molar-refractivity contribution in [3.05, 3.63) is 35.4 Å². The van der Waals surface area contributed by atoms with Gasteiger partial charge in [0.15, 0.2) is 0 Å². The third kappa shape index (κ3) is 2.80. The zero-order chi connectivity index (χ0) is 11.7. The predicted octanol–water partition coefficient (Wildman–Crippen LogP) is 3.11. The van der Waals surface area contributed by atoms with E-state index in [1.165, 1.54) is 5.56 Å². The van der Waals surface area contributed by atoms with Crippen LogP contribution in [0.4, 0.5) is 0 Å². The minimum atomic E-state index is -0.429. The molecule has 0 unspecified atom stereocenters. The number of nitrogens with two attached hydrogens (primary N) is 1. The van der Waals surface area contributed by atoms with Crippen molar-refractivity contribution < 1.29 is 4.84 Å². The summed E-state index contributed by atoms with van der Waals surface area (Å²) >= 11 is 0. The summed E-state index contributed by atoms with van der Waals surface area (Å²) in [6.07, 6.45) is 0. The van der Waals surface area contributed by atoms with Crippen LogP contribution in [0, 0.1) is 0 Å². The molecule has 0 spiro atoms. The van der Waals surface area contributed by atoms with E-state index < -0.39 is 5.60 Å². The van der Waals surface area contributed by atoms with E-state index in [9.17, 15) is 0 Å². The lowest BCUT2D eigenvalue weighted by atomic mass is 9.84. The molecule has 0 atom stereocenters. The van der Waals surface area contributed by atoms with Gasteiger partial charge in [-0.2, -0.15) is 0 Å². The molecule has 15 heavy (non-hydrogen) atoms. The summed E-state index contributed by atoms with van der Waals surface area (Å²) in [5, 5.41) is 0. The van der Waals surface area contributed by atoms with E-state index >= 15 is 0 Å². The van der Waals surface area contributed by atoms with Crippen LogP contribution in [-0.4, -0.2) is 0 Å². The maximum atomic E-state index is 5.30. The average molecular weight is 207 g/mol. The minimum Gasteiger partial charge on any atom is -0.294 e. The summed E-state index contributed by atoms with van der Waals surface area (Å²) < 4.78 is 0. The lowest BCUT2D eigenvalue weighted by Crippen LogP contribution is -2.26. The predicted molar refractivity (Wildman–Crippen MR) is 63.4 cm³/mol. The van der Waals surface area contributed by atoms with Gasteiger partial charge in [-0.05, 0) is 30.4 Å². The molecule has 0 heterocycles. The average Bonchev–Trinajstić information content (AvgIpc) is 2.17. The maximum Gasteiger partial charge on any atom is 0.109 e. The lowest BCUT2D eigenvalue weighted by Gasteiger charge is -2.26. The molecule has 0 bridgehead atoms. The van der Waals surface area contributed by atoms with Crippen LogP contribution in [-0.2, 0) is 15.9 Å². The monoisotopic (exact) mass is 207 g/mol. The molecular formula is C13H21NO. The fraction of sp³-hybridized carbons (Fsp3) is 0.538. The summed E-state index contributed by atoms with van der Waals surface area (Å²) in [4.78, 5) is 4.99. The Hall–Kier alpha value is -0.860. The van der Waals surface area contributed by atoms with Crippen LogP contribution in [0.25, 0.3) is 0 Å². The van der Waals surface area contributed by atoms with Crippen molar-refractivity contribution in [3.8, 4) is 0 Å². The Morgan fingerprint density at radius 1 is 1.00 bits per heavy atom. The van der Waals surface area contributed by atoms with Gasteiger partial charge in [-0.15, -0.1) is 0 Å². The molecule has 2 heteroatoms. The van der Waals surface area contributed by atoms with Crippen LogP contribution in [0.1, 0.15) is 45.7 Å². The van der Waals surface area contributed by atoms with E-state index in [-0.39, 0.29) is 5.41 Å². The third-order valence-electron chi connectivity index (χ3n) is 2.72. The first-order valence-electron chi connectivity index (χ1n) is 5.26. The quantitative estimate of drug-likeness (QED) is 0.756. The molecule has 0 saturated carbocycles. The summed E-state index contributed by atoms with van der Waals surface area (Å²) in [6, 6.07) is 8.39. The van der Waals surface area contributed by atoms with Crippen LogP contribution in [0.3, 0.4) is 0 Å². The summed E-state index contributed by atoms with van der Waals surface area (Å²) in [5.74, 6) is 5.30. The molecular weight excluding hydrogens is 186 g/mol. The Morgan fingerprint density at radius 3 is 2.00 bits per heavy atom. The molecule has 0 amide bonds. The second kappa shape index (κ2) is 3.95. The largest absolute Gasteiger partial charge is 0.294 e. The second-order valence-corrected chi connectivity index (χ2v) is 5.46. The molecule has 0 aliphatic heterocycles. The second-order valence-electron chi connectivity index (χ2n) is 5.46. The van der Waals surface area contributed by atoms with E-state index in [2.05, 4.69) is 39.0 Å². The molecule has 0 aliphatic rings. The maximum absolute atomic E-state index is 5.30.